The highest BCUT2D eigenvalue weighted by Crippen LogP contribution is 2.50. The minimum absolute atomic E-state index is 0.341. The highest BCUT2D eigenvalue weighted by molar-refractivity contribution is 6.33. The number of hydrogen-bond acceptors (Lipinski definition) is 4. The maximum atomic E-state index is 10.5. The smallest absolute Gasteiger partial charge is 0.235 e. The average Bonchev–Trinajstić information content (AvgIpc) is 3.21. The number of piperazine rings is 1. The molecule has 0 spiro atoms. The lowest BCUT2D eigenvalue weighted by Gasteiger charge is -2.34. The van der Waals surface area contributed by atoms with Crippen LogP contribution >= 0.6 is 11.6 Å². The molecule has 2 aliphatic rings. The predicted octanol–water partition coefficient (Wildman–Crippen LogP) is 2.42. The van der Waals surface area contributed by atoms with Crippen LogP contribution in [0.1, 0.15) is 18.4 Å². The van der Waals surface area contributed by atoms with E-state index in [1.54, 1.807) is 6.08 Å². The van der Waals surface area contributed by atoms with Crippen molar-refractivity contribution in [1.82, 2.24) is 4.90 Å². The largest absolute Gasteiger partial charge is 0.368 e. The SMILES string of the molecule is CN1CCN(c2ccc(C3(N=C=O)CC3)cc2Cl)CC1. The number of hydrogen-bond donors (Lipinski definition) is 0. The quantitative estimate of drug-likeness (QED) is 0.634. The van der Waals surface area contributed by atoms with E-state index in [1.807, 2.05) is 12.1 Å². The number of rotatable bonds is 3. The van der Waals surface area contributed by atoms with Crippen molar-refractivity contribution >= 4 is 23.4 Å². The zero-order valence-electron chi connectivity index (χ0n) is 11.6. The minimum Gasteiger partial charge on any atom is -0.368 e. The van der Waals surface area contributed by atoms with Crippen molar-refractivity contribution in [2.75, 3.05) is 38.1 Å². The van der Waals surface area contributed by atoms with Crippen molar-refractivity contribution in [3.63, 3.8) is 0 Å². The molecule has 0 atom stereocenters. The molecular weight excluding hydrogens is 274 g/mol. The summed E-state index contributed by atoms with van der Waals surface area (Å²) in [5, 5.41) is 0.749. The first-order valence-electron chi connectivity index (χ1n) is 6.97. The van der Waals surface area contributed by atoms with Gasteiger partial charge in [-0.2, -0.15) is 4.99 Å². The number of likely N-dealkylation sites (N-methyl/N-ethyl adjacent to an activating group) is 1. The molecule has 0 bridgehead atoms. The zero-order chi connectivity index (χ0) is 14.2. The third-order valence-electron chi connectivity index (χ3n) is 4.31. The van der Waals surface area contributed by atoms with Crippen LogP contribution in [0.3, 0.4) is 0 Å². The Kier molecular flexibility index (Phi) is 3.55. The van der Waals surface area contributed by atoms with Gasteiger partial charge in [0, 0.05) is 26.2 Å². The third kappa shape index (κ3) is 2.47. The Bertz CT molecular complexity index is 556. The molecule has 0 radical (unpaired) electrons. The lowest BCUT2D eigenvalue weighted by Crippen LogP contribution is -2.44. The van der Waals surface area contributed by atoms with Gasteiger partial charge >= 0.3 is 0 Å². The first-order chi connectivity index (χ1) is 9.64. The summed E-state index contributed by atoms with van der Waals surface area (Å²) in [5.74, 6) is 0. The molecule has 1 aliphatic carbocycles. The molecule has 1 aromatic rings. The second kappa shape index (κ2) is 5.21. The van der Waals surface area contributed by atoms with Gasteiger partial charge in [-0.05, 0) is 37.6 Å². The highest BCUT2D eigenvalue weighted by atomic mass is 35.5. The fraction of sp³-hybridized carbons (Fsp3) is 0.533. The molecule has 0 N–H and O–H groups in total. The van der Waals surface area contributed by atoms with Crippen molar-refractivity contribution in [2.45, 2.75) is 18.4 Å². The first kappa shape index (κ1) is 13.6. The van der Waals surface area contributed by atoms with Crippen LogP contribution in [-0.4, -0.2) is 44.2 Å². The third-order valence-corrected chi connectivity index (χ3v) is 4.61. The zero-order valence-corrected chi connectivity index (χ0v) is 12.4. The van der Waals surface area contributed by atoms with E-state index >= 15 is 0 Å². The lowest BCUT2D eigenvalue weighted by molar-refractivity contribution is 0.313. The van der Waals surface area contributed by atoms with Crippen molar-refractivity contribution in [3.05, 3.63) is 28.8 Å². The maximum absolute atomic E-state index is 10.5. The van der Waals surface area contributed by atoms with Crippen LogP contribution < -0.4 is 4.90 Å². The van der Waals surface area contributed by atoms with Crippen molar-refractivity contribution in [3.8, 4) is 0 Å². The van der Waals surface area contributed by atoms with Crippen LogP contribution in [0.2, 0.25) is 5.02 Å². The summed E-state index contributed by atoms with van der Waals surface area (Å²) in [6, 6.07) is 6.07. The summed E-state index contributed by atoms with van der Waals surface area (Å²) in [6.45, 7) is 4.09. The Morgan fingerprint density at radius 3 is 2.50 bits per heavy atom. The van der Waals surface area contributed by atoms with Crippen molar-refractivity contribution in [2.24, 2.45) is 4.99 Å². The van der Waals surface area contributed by atoms with Gasteiger partial charge in [0.25, 0.3) is 0 Å². The van der Waals surface area contributed by atoms with Gasteiger partial charge in [-0.3, -0.25) is 0 Å². The van der Waals surface area contributed by atoms with E-state index in [9.17, 15) is 4.79 Å². The van der Waals surface area contributed by atoms with Crippen LogP contribution in [0.4, 0.5) is 5.69 Å². The van der Waals surface area contributed by atoms with E-state index in [0.29, 0.717) is 0 Å². The van der Waals surface area contributed by atoms with Gasteiger partial charge in [-0.1, -0.05) is 17.7 Å². The molecule has 0 aromatic heterocycles. The van der Waals surface area contributed by atoms with Crippen molar-refractivity contribution < 1.29 is 4.79 Å². The van der Waals surface area contributed by atoms with E-state index in [-0.39, 0.29) is 5.54 Å². The summed E-state index contributed by atoms with van der Waals surface area (Å²) in [6.07, 6.45) is 3.51. The monoisotopic (exact) mass is 291 g/mol. The Labute approximate surface area is 124 Å². The molecule has 0 amide bonds. The molecule has 106 valence electrons. The average molecular weight is 292 g/mol. The van der Waals surface area contributed by atoms with Gasteiger partial charge in [-0.15, -0.1) is 0 Å². The number of isocyanates is 1. The minimum atomic E-state index is -0.341. The summed E-state index contributed by atoms with van der Waals surface area (Å²) < 4.78 is 0. The molecule has 1 aromatic carbocycles. The number of nitrogens with zero attached hydrogens (tertiary/aromatic N) is 3. The number of halogens is 1. The fourth-order valence-electron chi connectivity index (χ4n) is 2.77. The molecule has 2 fully saturated rings. The molecule has 20 heavy (non-hydrogen) atoms. The number of aliphatic imine (C=N–C) groups is 1. The van der Waals surface area contributed by atoms with Gasteiger partial charge in [0.2, 0.25) is 6.08 Å². The highest BCUT2D eigenvalue weighted by Gasteiger charge is 2.45. The van der Waals surface area contributed by atoms with Crippen LogP contribution in [0.15, 0.2) is 23.2 Å². The normalized spacial score (nSPS) is 21.4. The molecular formula is C15H18ClN3O. The number of anilines is 1. The van der Waals surface area contributed by atoms with Crippen LogP contribution in [0, 0.1) is 0 Å². The van der Waals surface area contributed by atoms with Gasteiger partial charge in [-0.25, -0.2) is 4.79 Å². The summed E-state index contributed by atoms with van der Waals surface area (Å²) >= 11 is 6.44. The summed E-state index contributed by atoms with van der Waals surface area (Å²) in [4.78, 5) is 19.1. The molecule has 0 unspecified atom stereocenters. The van der Waals surface area contributed by atoms with Gasteiger partial charge in [0.05, 0.1) is 16.2 Å². The lowest BCUT2D eigenvalue weighted by atomic mass is 10.0. The molecule has 1 aliphatic heterocycles. The first-order valence-corrected chi connectivity index (χ1v) is 7.35. The topological polar surface area (TPSA) is 35.9 Å². The summed E-state index contributed by atoms with van der Waals surface area (Å²) in [7, 11) is 2.14. The predicted molar refractivity (Wildman–Crippen MR) is 80.2 cm³/mol. The molecule has 4 nitrogen and oxygen atoms in total. The molecule has 1 saturated heterocycles. The number of carbonyl (C=O) groups excluding carboxylic acids is 1. The van der Waals surface area contributed by atoms with E-state index < -0.39 is 0 Å². The number of benzene rings is 1. The Morgan fingerprint density at radius 1 is 1.25 bits per heavy atom. The second-order valence-electron chi connectivity index (χ2n) is 5.69. The van der Waals surface area contributed by atoms with Gasteiger partial charge in [0.15, 0.2) is 0 Å². The Balaban J connectivity index is 1.83. The van der Waals surface area contributed by atoms with Crippen LogP contribution in [0.25, 0.3) is 0 Å². The Morgan fingerprint density at radius 2 is 1.95 bits per heavy atom. The molecule has 1 heterocycles. The second-order valence-corrected chi connectivity index (χ2v) is 6.10. The Hall–Kier alpha value is -1.35. The molecule has 1 saturated carbocycles. The molecule has 3 rings (SSSR count). The van der Waals surface area contributed by atoms with Crippen molar-refractivity contribution in [1.29, 1.82) is 0 Å². The van der Waals surface area contributed by atoms with E-state index in [0.717, 1.165) is 55.3 Å². The van der Waals surface area contributed by atoms with E-state index in [2.05, 4.69) is 27.9 Å². The fourth-order valence-corrected chi connectivity index (χ4v) is 3.07. The van der Waals surface area contributed by atoms with E-state index in [4.69, 9.17) is 11.6 Å². The summed E-state index contributed by atoms with van der Waals surface area (Å²) in [5.41, 5.74) is 1.77. The van der Waals surface area contributed by atoms with Crippen LogP contribution in [-0.2, 0) is 10.3 Å². The maximum Gasteiger partial charge on any atom is 0.235 e. The van der Waals surface area contributed by atoms with Gasteiger partial charge in [0.1, 0.15) is 0 Å². The standard InChI is InChI=1S/C15H18ClN3O/c1-18-6-8-19(9-7-18)14-3-2-12(10-13(14)16)15(4-5-15)17-11-20/h2-3,10H,4-9H2,1H3. The van der Waals surface area contributed by atoms with Gasteiger partial charge < -0.3 is 9.80 Å². The van der Waals surface area contributed by atoms with E-state index in [1.165, 1.54) is 0 Å². The van der Waals surface area contributed by atoms with Crippen LogP contribution in [0.5, 0.6) is 0 Å². The molecule has 5 heteroatoms.